The van der Waals surface area contributed by atoms with Gasteiger partial charge in [-0.3, -0.25) is 24.0 Å². The van der Waals surface area contributed by atoms with E-state index in [4.69, 9.17) is 5.11 Å². The minimum Gasteiger partial charge on any atom is -0.481 e. The van der Waals surface area contributed by atoms with Crippen LogP contribution in [-0.4, -0.2) is 46.0 Å². The number of carbonyl (C=O) groups is 4. The predicted molar refractivity (Wildman–Crippen MR) is 134 cm³/mol. The maximum Gasteiger partial charge on any atom is 0.305 e. The molecule has 1 aromatic heterocycles. The summed E-state index contributed by atoms with van der Waals surface area (Å²) in [5.74, 6) is -3.86. The average Bonchev–Trinajstić information content (AvgIpc) is 2.89. The summed E-state index contributed by atoms with van der Waals surface area (Å²) in [7, 11) is 0. The molecule has 0 bridgehead atoms. The second-order valence-corrected chi connectivity index (χ2v) is 8.43. The van der Waals surface area contributed by atoms with E-state index in [9.17, 15) is 28.4 Å². The Kier molecular flexibility index (Phi) is 9.04. The number of nitrogens with zero attached hydrogens (tertiary/aromatic N) is 1. The van der Waals surface area contributed by atoms with Gasteiger partial charge in [-0.1, -0.05) is 48.5 Å². The molecule has 0 aliphatic carbocycles. The number of halogens is 1. The number of amides is 2. The number of pyridine rings is 1. The third-order valence-electron chi connectivity index (χ3n) is 5.59. The fourth-order valence-corrected chi connectivity index (χ4v) is 3.78. The Balaban J connectivity index is 2.01. The molecule has 192 valence electrons. The summed E-state index contributed by atoms with van der Waals surface area (Å²) in [4.78, 5) is 62.6. The minimum absolute atomic E-state index is 0.00567. The van der Waals surface area contributed by atoms with Crippen LogP contribution < -0.4 is 16.2 Å². The summed E-state index contributed by atoms with van der Waals surface area (Å²) >= 11 is 0. The molecule has 0 saturated carbocycles. The number of hydrogen-bond acceptors (Lipinski definition) is 5. The molecule has 10 heteroatoms. The van der Waals surface area contributed by atoms with Crippen LogP contribution in [0.4, 0.5) is 10.1 Å². The number of nitrogens with one attached hydrogen (secondary N) is 2. The van der Waals surface area contributed by atoms with Crippen molar-refractivity contribution in [2.75, 3.05) is 12.0 Å². The van der Waals surface area contributed by atoms with Crippen LogP contribution in [0.5, 0.6) is 0 Å². The van der Waals surface area contributed by atoms with Gasteiger partial charge in [0.1, 0.15) is 24.4 Å². The topological polar surface area (TPSA) is 135 Å². The second kappa shape index (κ2) is 12.4. The molecule has 0 aliphatic rings. The number of aryl methyl sites for hydroxylation is 1. The van der Waals surface area contributed by atoms with Gasteiger partial charge in [0, 0.05) is 18.2 Å². The van der Waals surface area contributed by atoms with Crippen LogP contribution in [0.25, 0.3) is 0 Å². The van der Waals surface area contributed by atoms with E-state index in [2.05, 4.69) is 10.6 Å². The molecule has 0 aliphatic heterocycles. The van der Waals surface area contributed by atoms with Crippen LogP contribution in [0.15, 0.2) is 77.7 Å². The van der Waals surface area contributed by atoms with Gasteiger partial charge in [0.15, 0.2) is 5.78 Å². The van der Waals surface area contributed by atoms with Crippen LogP contribution in [0.2, 0.25) is 0 Å². The lowest BCUT2D eigenvalue weighted by atomic mass is 10.0. The van der Waals surface area contributed by atoms with Gasteiger partial charge >= 0.3 is 5.97 Å². The summed E-state index contributed by atoms with van der Waals surface area (Å²) < 4.78 is 14.2. The Labute approximate surface area is 211 Å². The van der Waals surface area contributed by atoms with Crippen molar-refractivity contribution in [3.05, 3.63) is 100.0 Å². The molecule has 2 atom stereocenters. The maximum atomic E-state index is 13.4. The van der Waals surface area contributed by atoms with Crippen LogP contribution >= 0.6 is 0 Å². The Morgan fingerprint density at radius 1 is 1.00 bits per heavy atom. The molecule has 0 radical (unpaired) electrons. The lowest BCUT2D eigenvalue weighted by molar-refractivity contribution is -0.140. The number of carboxylic acid groups (broad SMARTS) is 1. The van der Waals surface area contributed by atoms with Crippen molar-refractivity contribution in [1.29, 1.82) is 0 Å². The third-order valence-corrected chi connectivity index (χ3v) is 5.59. The zero-order valence-electron chi connectivity index (χ0n) is 20.0. The van der Waals surface area contributed by atoms with Gasteiger partial charge in [-0.25, -0.2) is 4.39 Å². The van der Waals surface area contributed by atoms with Crippen molar-refractivity contribution in [3.8, 4) is 0 Å². The molecular formula is C27H26FN3O6. The lowest BCUT2D eigenvalue weighted by Crippen LogP contribution is -2.47. The first-order valence-electron chi connectivity index (χ1n) is 11.4. The van der Waals surface area contributed by atoms with Crippen molar-refractivity contribution < 1.29 is 28.7 Å². The number of carbonyl (C=O) groups excluding carboxylic acids is 3. The van der Waals surface area contributed by atoms with E-state index in [1.54, 1.807) is 67.6 Å². The SMILES string of the molecule is Cc1cc(NC(=O)c2ccccc2)c(=O)n([C@@H](Cc2ccccc2)C(=O)NC(CC(=O)O)C(=O)CF)c1. The van der Waals surface area contributed by atoms with Crippen molar-refractivity contribution in [3.63, 3.8) is 0 Å². The Morgan fingerprint density at radius 3 is 2.22 bits per heavy atom. The molecule has 9 nitrogen and oxygen atoms in total. The van der Waals surface area contributed by atoms with Gasteiger partial charge in [-0.05, 0) is 36.2 Å². The smallest absolute Gasteiger partial charge is 0.305 e. The average molecular weight is 508 g/mol. The Morgan fingerprint density at radius 2 is 1.62 bits per heavy atom. The fraction of sp³-hybridized carbons (Fsp3) is 0.222. The fourth-order valence-electron chi connectivity index (χ4n) is 3.78. The van der Waals surface area contributed by atoms with Gasteiger partial charge < -0.3 is 20.3 Å². The molecule has 2 amide bonds. The largest absolute Gasteiger partial charge is 0.481 e. The molecule has 1 heterocycles. The third kappa shape index (κ3) is 7.20. The first-order valence-corrected chi connectivity index (χ1v) is 11.4. The van der Waals surface area contributed by atoms with Gasteiger partial charge in [-0.2, -0.15) is 0 Å². The number of aromatic nitrogens is 1. The number of benzene rings is 2. The number of aliphatic carboxylic acids is 1. The molecule has 2 aromatic carbocycles. The van der Waals surface area contributed by atoms with E-state index in [-0.39, 0.29) is 12.1 Å². The first kappa shape index (κ1) is 27.0. The van der Waals surface area contributed by atoms with Gasteiger partial charge in [0.05, 0.1) is 6.42 Å². The monoisotopic (exact) mass is 507 g/mol. The van der Waals surface area contributed by atoms with Crippen molar-refractivity contribution in [2.24, 2.45) is 0 Å². The molecule has 3 N–H and O–H groups in total. The Bertz CT molecular complexity index is 1340. The van der Waals surface area contributed by atoms with E-state index in [1.807, 2.05) is 0 Å². The van der Waals surface area contributed by atoms with Gasteiger partial charge in [0.25, 0.3) is 11.5 Å². The van der Waals surface area contributed by atoms with E-state index in [1.165, 1.54) is 12.3 Å². The quantitative estimate of drug-likeness (QED) is 0.365. The molecule has 0 fully saturated rings. The summed E-state index contributed by atoms with van der Waals surface area (Å²) in [6.07, 6.45) is 0.621. The van der Waals surface area contributed by atoms with Gasteiger partial charge in [0.2, 0.25) is 5.91 Å². The lowest BCUT2D eigenvalue weighted by Gasteiger charge is -2.23. The predicted octanol–water partition coefficient (Wildman–Crippen LogP) is 2.69. The number of ketones is 1. The van der Waals surface area contributed by atoms with Crippen molar-refractivity contribution in [1.82, 2.24) is 9.88 Å². The summed E-state index contributed by atoms with van der Waals surface area (Å²) in [5.41, 5.74) is 0.808. The maximum absolute atomic E-state index is 13.4. The molecule has 1 unspecified atom stereocenters. The molecule has 0 saturated heterocycles. The van der Waals surface area contributed by atoms with Crippen molar-refractivity contribution in [2.45, 2.75) is 31.8 Å². The van der Waals surface area contributed by atoms with Crippen molar-refractivity contribution >= 4 is 29.3 Å². The molecule has 0 spiro atoms. The number of anilines is 1. The normalized spacial score (nSPS) is 12.3. The van der Waals surface area contributed by atoms with Crippen LogP contribution in [0, 0.1) is 6.92 Å². The highest BCUT2D eigenvalue weighted by molar-refractivity contribution is 6.04. The summed E-state index contributed by atoms with van der Waals surface area (Å²) in [6, 6.07) is 15.6. The highest BCUT2D eigenvalue weighted by Gasteiger charge is 2.29. The zero-order chi connectivity index (χ0) is 26.9. The summed E-state index contributed by atoms with van der Waals surface area (Å²) in [5, 5.41) is 14.0. The second-order valence-electron chi connectivity index (χ2n) is 8.43. The number of carboxylic acids is 1. The molecule has 37 heavy (non-hydrogen) atoms. The number of alkyl halides is 1. The van der Waals surface area contributed by atoms with E-state index >= 15 is 0 Å². The van der Waals surface area contributed by atoms with E-state index in [0.717, 1.165) is 4.57 Å². The van der Waals surface area contributed by atoms with Crippen LogP contribution in [0.1, 0.15) is 33.9 Å². The van der Waals surface area contributed by atoms with E-state index in [0.29, 0.717) is 16.7 Å². The zero-order valence-corrected chi connectivity index (χ0v) is 20.0. The molecule has 3 aromatic rings. The highest BCUT2D eigenvalue weighted by atomic mass is 19.1. The number of rotatable bonds is 11. The first-order chi connectivity index (χ1) is 17.7. The minimum atomic E-state index is -1.61. The summed E-state index contributed by atoms with van der Waals surface area (Å²) in [6.45, 7) is 0.215. The van der Waals surface area contributed by atoms with Gasteiger partial charge in [-0.15, -0.1) is 0 Å². The van der Waals surface area contributed by atoms with E-state index < -0.39 is 54.3 Å². The highest BCUT2D eigenvalue weighted by Crippen LogP contribution is 2.17. The standard InChI is InChI=1S/C27H26FN3O6/c1-17-12-21(30-25(35)19-10-6-3-7-11-19)27(37)31(16-17)22(13-18-8-4-2-5-9-18)26(36)29-20(14-24(33)34)23(32)15-28/h2-12,16,20,22H,13-15H2,1H3,(H,29,36)(H,30,35)(H,33,34)/t20?,22-/m0/s1. The Hall–Kier alpha value is -4.60. The molecule has 3 rings (SSSR count). The van der Waals surface area contributed by atoms with Crippen LogP contribution in [-0.2, 0) is 20.8 Å². The number of Topliss-reactive ketones (excluding diaryl/α,β-unsaturated/α-hetero) is 1. The van der Waals surface area contributed by atoms with Crippen LogP contribution in [0.3, 0.4) is 0 Å². The molecular weight excluding hydrogens is 481 g/mol. The number of hydrogen-bond donors (Lipinski definition) is 3.